The van der Waals surface area contributed by atoms with Crippen LogP contribution in [-0.2, 0) is 4.79 Å². The first-order chi connectivity index (χ1) is 14.5. The number of carbonyl (C=O) groups is 2. The molecule has 4 rings (SSSR count). The second-order valence-electron chi connectivity index (χ2n) is 7.41. The lowest BCUT2D eigenvalue weighted by molar-refractivity contribution is -0.116. The van der Waals surface area contributed by atoms with Gasteiger partial charge >= 0.3 is 0 Å². The second kappa shape index (κ2) is 7.84. The van der Waals surface area contributed by atoms with Crippen molar-refractivity contribution in [1.82, 2.24) is 15.4 Å². The molecule has 0 saturated carbocycles. The molecule has 7 heteroatoms. The Bertz CT molecular complexity index is 1130. The highest BCUT2D eigenvalue weighted by molar-refractivity contribution is 6.00. The quantitative estimate of drug-likeness (QED) is 0.821. The number of hydrogen-bond acceptors (Lipinski definition) is 6. The molecule has 2 aromatic rings. The van der Waals surface area contributed by atoms with E-state index in [4.69, 9.17) is 5.73 Å². The predicted octanol–water partition coefficient (Wildman–Crippen LogP) is 2.84. The fourth-order valence-corrected chi connectivity index (χ4v) is 4.07. The number of nitrogens with two attached hydrogens (primary N) is 1. The van der Waals surface area contributed by atoms with Gasteiger partial charge in [-0.25, -0.2) is 5.01 Å². The van der Waals surface area contributed by atoms with Crippen molar-refractivity contribution in [2.75, 3.05) is 0 Å². The number of amides is 1. The molecule has 2 heterocycles. The number of nitriles is 1. The van der Waals surface area contributed by atoms with Crippen LogP contribution in [0.1, 0.15) is 46.7 Å². The molecule has 1 aliphatic heterocycles. The monoisotopic (exact) mass is 399 g/mol. The van der Waals surface area contributed by atoms with Crippen LogP contribution in [0.25, 0.3) is 0 Å². The Balaban J connectivity index is 1.83. The molecule has 0 spiro atoms. The fraction of sp³-hybridized carbons (Fsp3) is 0.217. The molecule has 7 nitrogen and oxygen atoms in total. The zero-order valence-electron chi connectivity index (χ0n) is 16.6. The third-order valence-corrected chi connectivity index (χ3v) is 5.44. The summed E-state index contributed by atoms with van der Waals surface area (Å²) in [5, 5.41) is 11.4. The SMILES string of the molecule is Cc1cccc(C2C(C#N)=C(N)N(NC(=O)c3ccncc3)C3=C2C(=O)CCC3)c1. The Morgan fingerprint density at radius 2 is 2.03 bits per heavy atom. The van der Waals surface area contributed by atoms with Crippen LogP contribution in [0.3, 0.4) is 0 Å². The van der Waals surface area contributed by atoms with Crippen LogP contribution in [0.2, 0.25) is 0 Å². The summed E-state index contributed by atoms with van der Waals surface area (Å²) in [6.07, 6.45) is 4.70. The van der Waals surface area contributed by atoms with Gasteiger partial charge in [0, 0.05) is 35.6 Å². The molecule has 150 valence electrons. The minimum atomic E-state index is -0.535. The van der Waals surface area contributed by atoms with E-state index in [1.54, 1.807) is 12.1 Å². The Labute approximate surface area is 174 Å². The van der Waals surface area contributed by atoms with Crippen LogP contribution in [0, 0.1) is 18.3 Å². The zero-order valence-corrected chi connectivity index (χ0v) is 16.6. The standard InChI is InChI=1S/C23H21N5O2/c1-14-4-2-5-16(12-14)20-17(13-24)22(25)28(18-6-3-7-19(29)21(18)20)27-23(30)15-8-10-26-11-9-15/h2,4-5,8-12,20H,3,6-7,25H2,1H3,(H,27,30). The molecular weight excluding hydrogens is 378 g/mol. The van der Waals surface area contributed by atoms with Crippen LogP contribution in [0.4, 0.5) is 0 Å². The maximum atomic E-state index is 13.0. The van der Waals surface area contributed by atoms with E-state index in [0.29, 0.717) is 36.1 Å². The van der Waals surface area contributed by atoms with Crippen molar-refractivity contribution in [3.63, 3.8) is 0 Å². The highest BCUT2D eigenvalue weighted by atomic mass is 16.2. The largest absolute Gasteiger partial charge is 0.383 e. The highest BCUT2D eigenvalue weighted by Crippen LogP contribution is 2.44. The Morgan fingerprint density at radius 1 is 1.27 bits per heavy atom. The number of ketones is 1. The van der Waals surface area contributed by atoms with Gasteiger partial charge in [0.05, 0.1) is 17.6 Å². The van der Waals surface area contributed by atoms with Crippen molar-refractivity contribution in [1.29, 1.82) is 5.26 Å². The molecule has 1 atom stereocenters. The van der Waals surface area contributed by atoms with E-state index < -0.39 is 11.8 Å². The number of aromatic nitrogens is 1. The molecule has 1 unspecified atom stereocenters. The van der Waals surface area contributed by atoms with E-state index in [1.165, 1.54) is 17.4 Å². The zero-order chi connectivity index (χ0) is 21.3. The van der Waals surface area contributed by atoms with Crippen LogP contribution >= 0.6 is 0 Å². The van der Waals surface area contributed by atoms with Crippen molar-refractivity contribution in [3.8, 4) is 6.07 Å². The lowest BCUT2D eigenvalue weighted by atomic mass is 9.76. The Kier molecular flexibility index (Phi) is 5.07. The van der Waals surface area contributed by atoms with E-state index in [0.717, 1.165) is 11.1 Å². The first-order valence-corrected chi connectivity index (χ1v) is 9.75. The van der Waals surface area contributed by atoms with Crippen molar-refractivity contribution >= 4 is 11.7 Å². The average Bonchev–Trinajstić information content (AvgIpc) is 2.76. The molecule has 0 radical (unpaired) electrons. The van der Waals surface area contributed by atoms with Gasteiger partial charge in [-0.3, -0.25) is 20.0 Å². The lowest BCUT2D eigenvalue weighted by Gasteiger charge is -2.39. The molecule has 1 aromatic carbocycles. The summed E-state index contributed by atoms with van der Waals surface area (Å²) in [5.74, 6) is -0.811. The van der Waals surface area contributed by atoms with Crippen molar-refractivity contribution in [2.45, 2.75) is 32.1 Å². The molecule has 1 aliphatic carbocycles. The number of carbonyl (C=O) groups excluding carboxylic acids is 2. The van der Waals surface area contributed by atoms with Gasteiger partial charge in [0.1, 0.15) is 5.82 Å². The Hall–Kier alpha value is -3.92. The van der Waals surface area contributed by atoms with Crippen molar-refractivity contribution in [3.05, 3.63) is 88.1 Å². The normalized spacial score (nSPS) is 18.7. The summed E-state index contributed by atoms with van der Waals surface area (Å²) in [4.78, 5) is 29.7. The van der Waals surface area contributed by atoms with Crippen LogP contribution in [0.15, 0.2) is 71.5 Å². The summed E-state index contributed by atoms with van der Waals surface area (Å²) in [6.45, 7) is 1.96. The fourth-order valence-electron chi connectivity index (χ4n) is 4.07. The van der Waals surface area contributed by atoms with Gasteiger partial charge in [-0.05, 0) is 37.5 Å². The molecule has 0 bridgehead atoms. The van der Waals surface area contributed by atoms with Crippen LogP contribution in [-0.4, -0.2) is 21.7 Å². The Morgan fingerprint density at radius 3 is 2.73 bits per heavy atom. The summed E-state index contributed by atoms with van der Waals surface area (Å²) in [6, 6.07) is 13.1. The third-order valence-electron chi connectivity index (χ3n) is 5.44. The highest BCUT2D eigenvalue weighted by Gasteiger charge is 2.40. The molecule has 2 aliphatic rings. The van der Waals surface area contributed by atoms with Gasteiger partial charge < -0.3 is 5.73 Å². The number of hydrogen-bond donors (Lipinski definition) is 2. The minimum absolute atomic E-state index is 0.0221. The van der Waals surface area contributed by atoms with Crippen LogP contribution in [0.5, 0.6) is 0 Å². The number of nitrogens with one attached hydrogen (secondary N) is 1. The maximum Gasteiger partial charge on any atom is 0.270 e. The van der Waals surface area contributed by atoms with Crippen LogP contribution < -0.4 is 11.2 Å². The number of hydrazine groups is 1. The summed E-state index contributed by atoms with van der Waals surface area (Å²) in [5.41, 5.74) is 12.9. The lowest BCUT2D eigenvalue weighted by Crippen LogP contribution is -2.48. The van der Waals surface area contributed by atoms with Gasteiger partial charge in [-0.15, -0.1) is 0 Å². The van der Waals surface area contributed by atoms with Gasteiger partial charge in [-0.2, -0.15) is 5.26 Å². The average molecular weight is 399 g/mol. The van der Waals surface area contributed by atoms with Crippen molar-refractivity contribution < 1.29 is 9.59 Å². The van der Waals surface area contributed by atoms with E-state index in [9.17, 15) is 14.9 Å². The van der Waals surface area contributed by atoms with Gasteiger partial charge in [0.2, 0.25) is 0 Å². The van der Waals surface area contributed by atoms with Crippen molar-refractivity contribution in [2.24, 2.45) is 5.73 Å². The second-order valence-corrected chi connectivity index (χ2v) is 7.41. The number of rotatable bonds is 3. The number of Topliss-reactive ketones (excluding diaryl/α,β-unsaturated/α-hetero) is 1. The molecule has 30 heavy (non-hydrogen) atoms. The van der Waals surface area contributed by atoms with E-state index >= 15 is 0 Å². The summed E-state index contributed by atoms with van der Waals surface area (Å²) >= 11 is 0. The number of benzene rings is 1. The minimum Gasteiger partial charge on any atom is -0.383 e. The van der Waals surface area contributed by atoms with Gasteiger partial charge in [0.25, 0.3) is 5.91 Å². The molecule has 1 amide bonds. The van der Waals surface area contributed by atoms with Gasteiger partial charge in [0.15, 0.2) is 5.78 Å². The molecule has 0 fully saturated rings. The summed E-state index contributed by atoms with van der Waals surface area (Å²) in [7, 11) is 0. The topological polar surface area (TPSA) is 112 Å². The number of nitrogens with zero attached hydrogens (tertiary/aromatic N) is 3. The van der Waals surface area contributed by atoms with E-state index in [1.807, 2.05) is 31.2 Å². The van der Waals surface area contributed by atoms with Gasteiger partial charge in [-0.1, -0.05) is 29.8 Å². The maximum absolute atomic E-state index is 13.0. The van der Waals surface area contributed by atoms with E-state index in [2.05, 4.69) is 16.5 Å². The molecule has 3 N–H and O–H groups in total. The molecule has 0 saturated heterocycles. The number of aryl methyl sites for hydroxylation is 1. The number of allylic oxidation sites excluding steroid dienone is 3. The van der Waals surface area contributed by atoms with E-state index in [-0.39, 0.29) is 17.2 Å². The molecule has 1 aromatic heterocycles. The summed E-state index contributed by atoms with van der Waals surface area (Å²) < 4.78 is 0. The third kappa shape index (κ3) is 3.33. The first-order valence-electron chi connectivity index (χ1n) is 9.75. The predicted molar refractivity (Wildman–Crippen MR) is 110 cm³/mol. The smallest absolute Gasteiger partial charge is 0.270 e. The molecular formula is C23H21N5O2. The number of pyridine rings is 1. The first kappa shape index (κ1) is 19.4.